The van der Waals surface area contributed by atoms with Crippen LogP contribution in [0.5, 0.6) is 0 Å². The molecule has 0 spiro atoms. The maximum atomic E-state index is 6.34. The summed E-state index contributed by atoms with van der Waals surface area (Å²) in [4.78, 5) is 0. The van der Waals surface area contributed by atoms with Crippen molar-refractivity contribution >= 4 is 11.6 Å². The Kier molecular flexibility index (Phi) is 2.31. The second-order valence-corrected chi connectivity index (χ2v) is 6.20. The third-order valence-electron chi connectivity index (χ3n) is 5.44. The summed E-state index contributed by atoms with van der Waals surface area (Å²) in [6.45, 7) is 0. The van der Waals surface area contributed by atoms with Crippen molar-refractivity contribution in [2.24, 2.45) is 23.2 Å². The van der Waals surface area contributed by atoms with E-state index < -0.39 is 0 Å². The Labute approximate surface area is 92.4 Å². The van der Waals surface area contributed by atoms with E-state index in [0.29, 0.717) is 5.41 Å². The van der Waals surface area contributed by atoms with Crippen molar-refractivity contribution in [2.75, 3.05) is 5.88 Å². The Hall–Kier alpha value is 0.290. The van der Waals surface area contributed by atoms with Gasteiger partial charge >= 0.3 is 0 Å². The van der Waals surface area contributed by atoms with E-state index in [9.17, 15) is 0 Å². The lowest BCUT2D eigenvalue weighted by atomic mass is 9.65. The Bertz CT molecular complexity index is 219. The predicted molar refractivity (Wildman–Crippen MR) is 60.6 cm³/mol. The molecule has 3 aliphatic carbocycles. The summed E-state index contributed by atoms with van der Waals surface area (Å²) in [5.74, 6) is 4.02. The van der Waals surface area contributed by atoms with E-state index in [2.05, 4.69) is 0 Å². The third-order valence-corrected chi connectivity index (χ3v) is 5.94. The van der Waals surface area contributed by atoms with Crippen LogP contribution in [0.4, 0.5) is 0 Å². The fourth-order valence-corrected chi connectivity index (χ4v) is 5.31. The molecule has 0 aromatic rings. The molecule has 0 saturated heterocycles. The second kappa shape index (κ2) is 3.40. The van der Waals surface area contributed by atoms with E-state index in [1.165, 1.54) is 51.4 Å². The van der Waals surface area contributed by atoms with Gasteiger partial charge in [-0.15, -0.1) is 11.6 Å². The van der Waals surface area contributed by atoms with Gasteiger partial charge in [-0.2, -0.15) is 0 Å². The summed E-state index contributed by atoms with van der Waals surface area (Å²) in [6, 6.07) is 0. The van der Waals surface area contributed by atoms with Gasteiger partial charge in [-0.05, 0) is 55.3 Å². The van der Waals surface area contributed by atoms with Crippen LogP contribution in [-0.4, -0.2) is 5.88 Å². The van der Waals surface area contributed by atoms with E-state index in [-0.39, 0.29) is 0 Å². The monoisotopic (exact) mass is 212 g/mol. The summed E-state index contributed by atoms with van der Waals surface area (Å²) in [5, 5.41) is 0. The molecule has 0 nitrogen and oxygen atoms in total. The largest absolute Gasteiger partial charge is 0.126 e. The molecule has 0 N–H and O–H groups in total. The minimum atomic E-state index is 0.598. The number of alkyl halides is 1. The number of hydrogen-bond donors (Lipinski definition) is 0. The molecule has 0 heterocycles. The fraction of sp³-hybridized carbons (Fsp3) is 1.00. The predicted octanol–water partition coefficient (Wildman–Crippen LogP) is 4.22. The average molecular weight is 213 g/mol. The summed E-state index contributed by atoms with van der Waals surface area (Å²) in [5.41, 5.74) is 0.598. The van der Waals surface area contributed by atoms with Gasteiger partial charge in [0.1, 0.15) is 0 Å². The first-order valence-corrected chi connectivity index (χ1v) is 6.94. The van der Waals surface area contributed by atoms with Crippen LogP contribution in [0.1, 0.15) is 51.4 Å². The molecule has 3 atom stereocenters. The van der Waals surface area contributed by atoms with Crippen molar-refractivity contribution < 1.29 is 0 Å². The van der Waals surface area contributed by atoms with E-state index in [1.54, 1.807) is 0 Å². The van der Waals surface area contributed by atoms with Gasteiger partial charge in [0.2, 0.25) is 0 Å². The Morgan fingerprint density at radius 2 is 1.79 bits per heavy atom. The van der Waals surface area contributed by atoms with Crippen molar-refractivity contribution in [2.45, 2.75) is 51.4 Å². The van der Waals surface area contributed by atoms with Crippen LogP contribution in [0.15, 0.2) is 0 Å². The maximum absolute atomic E-state index is 6.34. The van der Waals surface area contributed by atoms with E-state index >= 15 is 0 Å². The Balaban J connectivity index is 1.84. The smallest absolute Gasteiger partial charge is 0.0285 e. The lowest BCUT2D eigenvalue weighted by molar-refractivity contribution is 0.104. The molecule has 0 aromatic carbocycles. The van der Waals surface area contributed by atoms with Crippen molar-refractivity contribution in [1.82, 2.24) is 0 Å². The topological polar surface area (TPSA) is 0 Å². The first-order valence-electron chi connectivity index (χ1n) is 6.41. The van der Waals surface area contributed by atoms with Crippen LogP contribution >= 0.6 is 11.6 Å². The molecule has 14 heavy (non-hydrogen) atoms. The van der Waals surface area contributed by atoms with Gasteiger partial charge in [-0.3, -0.25) is 0 Å². The number of hydrogen-bond acceptors (Lipinski definition) is 0. The van der Waals surface area contributed by atoms with Crippen molar-refractivity contribution in [3.05, 3.63) is 0 Å². The summed E-state index contributed by atoms with van der Waals surface area (Å²) >= 11 is 6.34. The molecule has 0 aromatic heterocycles. The van der Waals surface area contributed by atoms with Gasteiger partial charge in [0.05, 0.1) is 0 Å². The van der Waals surface area contributed by atoms with Crippen LogP contribution in [0.3, 0.4) is 0 Å². The zero-order valence-corrected chi connectivity index (χ0v) is 9.73. The molecule has 0 amide bonds. The second-order valence-electron chi connectivity index (χ2n) is 5.93. The van der Waals surface area contributed by atoms with Crippen LogP contribution < -0.4 is 0 Å². The highest BCUT2D eigenvalue weighted by atomic mass is 35.5. The molecule has 1 heteroatoms. The van der Waals surface area contributed by atoms with Gasteiger partial charge in [0, 0.05) is 5.88 Å². The molecular weight excluding hydrogens is 192 g/mol. The Morgan fingerprint density at radius 3 is 2.29 bits per heavy atom. The number of halogens is 1. The lowest BCUT2D eigenvalue weighted by Crippen LogP contribution is -2.36. The molecule has 0 aliphatic heterocycles. The van der Waals surface area contributed by atoms with Gasteiger partial charge < -0.3 is 0 Å². The molecule has 2 bridgehead atoms. The zero-order valence-electron chi connectivity index (χ0n) is 8.97. The quantitative estimate of drug-likeness (QED) is 0.602. The molecule has 0 radical (unpaired) electrons. The van der Waals surface area contributed by atoms with Crippen LogP contribution in [0, 0.1) is 23.2 Å². The van der Waals surface area contributed by atoms with E-state index in [0.717, 1.165) is 23.6 Å². The summed E-state index contributed by atoms with van der Waals surface area (Å²) < 4.78 is 0. The van der Waals surface area contributed by atoms with Crippen molar-refractivity contribution in [3.8, 4) is 0 Å². The van der Waals surface area contributed by atoms with Gasteiger partial charge in [0.25, 0.3) is 0 Å². The summed E-state index contributed by atoms with van der Waals surface area (Å²) in [7, 11) is 0. The van der Waals surface area contributed by atoms with Gasteiger partial charge in [0.15, 0.2) is 0 Å². The van der Waals surface area contributed by atoms with Crippen LogP contribution in [-0.2, 0) is 0 Å². The average Bonchev–Trinajstić information content (AvgIpc) is 2.93. The normalized spacial score (nSPS) is 47.8. The molecule has 3 rings (SSSR count). The van der Waals surface area contributed by atoms with Crippen LogP contribution in [0.2, 0.25) is 0 Å². The highest BCUT2D eigenvalue weighted by Crippen LogP contribution is 2.62. The summed E-state index contributed by atoms with van der Waals surface area (Å²) in [6.07, 6.45) is 11.9. The standard InChI is InChI=1S/C13H21Cl/c14-9-13(11-3-1-2-4-11)8-10-5-6-12(13)7-10/h10-12H,1-9H2. The Morgan fingerprint density at radius 1 is 1.00 bits per heavy atom. The minimum Gasteiger partial charge on any atom is -0.126 e. The van der Waals surface area contributed by atoms with Crippen molar-refractivity contribution in [3.63, 3.8) is 0 Å². The first-order chi connectivity index (χ1) is 6.85. The third kappa shape index (κ3) is 1.19. The highest BCUT2D eigenvalue weighted by molar-refractivity contribution is 6.18. The van der Waals surface area contributed by atoms with E-state index in [4.69, 9.17) is 11.6 Å². The molecular formula is C13H21Cl. The molecule has 3 aliphatic rings. The van der Waals surface area contributed by atoms with Crippen LogP contribution in [0.25, 0.3) is 0 Å². The molecule has 80 valence electrons. The van der Waals surface area contributed by atoms with Gasteiger partial charge in [-0.25, -0.2) is 0 Å². The number of rotatable bonds is 2. The first kappa shape index (κ1) is 9.51. The highest BCUT2D eigenvalue weighted by Gasteiger charge is 2.54. The molecule has 3 unspecified atom stereocenters. The SMILES string of the molecule is ClCC1(C2CCCC2)CC2CCC1C2. The molecule has 3 fully saturated rings. The minimum absolute atomic E-state index is 0.598. The fourth-order valence-electron chi connectivity index (χ4n) is 4.76. The number of fused-ring (bicyclic) bond motifs is 2. The maximum Gasteiger partial charge on any atom is 0.0285 e. The lowest BCUT2D eigenvalue weighted by Gasteiger charge is -2.41. The van der Waals surface area contributed by atoms with Gasteiger partial charge in [-0.1, -0.05) is 19.3 Å². The van der Waals surface area contributed by atoms with E-state index in [1.807, 2.05) is 0 Å². The van der Waals surface area contributed by atoms with Crippen molar-refractivity contribution in [1.29, 1.82) is 0 Å². The molecule has 3 saturated carbocycles. The zero-order chi connectivity index (χ0) is 9.60.